The van der Waals surface area contributed by atoms with Crippen molar-refractivity contribution in [3.63, 3.8) is 0 Å². The molecule has 2 N–H and O–H groups in total. The van der Waals surface area contributed by atoms with E-state index in [2.05, 4.69) is 23.6 Å². The second-order valence-corrected chi connectivity index (χ2v) is 7.62. The SMILES string of the molecule is CCNC(=NCCCc1ccc(OC)c(OC)c1)NC1CCN(C(=O)C(C)C)C1. The van der Waals surface area contributed by atoms with E-state index >= 15 is 0 Å². The van der Waals surface area contributed by atoms with Gasteiger partial charge in [0, 0.05) is 38.1 Å². The van der Waals surface area contributed by atoms with E-state index in [1.54, 1.807) is 14.2 Å². The number of carbonyl (C=O) groups excluding carboxylic acids is 1. The number of amides is 1. The number of hydrogen-bond donors (Lipinski definition) is 2. The zero-order chi connectivity index (χ0) is 21.2. The molecule has 29 heavy (non-hydrogen) atoms. The number of hydrogen-bond acceptors (Lipinski definition) is 4. The molecule has 7 nitrogen and oxygen atoms in total. The molecule has 1 fully saturated rings. The van der Waals surface area contributed by atoms with Gasteiger partial charge in [-0.25, -0.2) is 0 Å². The molecule has 1 saturated heterocycles. The van der Waals surface area contributed by atoms with Crippen LogP contribution in [0.2, 0.25) is 0 Å². The standard InChI is InChI=1S/C22H36N4O3/c1-6-23-22(25-18-11-13-26(15-18)21(27)16(2)3)24-12-7-8-17-9-10-19(28-4)20(14-17)29-5/h9-10,14,16,18H,6-8,11-13,15H2,1-5H3,(H2,23,24,25). The Kier molecular flexibility index (Phi) is 9.09. The van der Waals surface area contributed by atoms with Crippen LogP contribution >= 0.6 is 0 Å². The molecule has 0 aliphatic carbocycles. The predicted molar refractivity (Wildman–Crippen MR) is 117 cm³/mol. The van der Waals surface area contributed by atoms with E-state index in [4.69, 9.17) is 14.5 Å². The summed E-state index contributed by atoms with van der Waals surface area (Å²) in [6.45, 7) is 9.05. The lowest BCUT2D eigenvalue weighted by Gasteiger charge is -2.20. The lowest BCUT2D eigenvalue weighted by Crippen LogP contribution is -2.45. The van der Waals surface area contributed by atoms with Gasteiger partial charge in [-0.15, -0.1) is 0 Å². The Morgan fingerprint density at radius 3 is 2.69 bits per heavy atom. The minimum atomic E-state index is 0.0484. The molecule has 1 atom stereocenters. The fraction of sp³-hybridized carbons (Fsp3) is 0.636. The minimum Gasteiger partial charge on any atom is -0.493 e. The van der Waals surface area contributed by atoms with Gasteiger partial charge in [-0.1, -0.05) is 19.9 Å². The predicted octanol–water partition coefficient (Wildman–Crippen LogP) is 2.45. The normalized spacial score (nSPS) is 16.8. The maximum absolute atomic E-state index is 12.2. The van der Waals surface area contributed by atoms with Crippen molar-refractivity contribution in [1.29, 1.82) is 0 Å². The average Bonchev–Trinajstić information content (AvgIpc) is 3.18. The van der Waals surface area contributed by atoms with Crippen LogP contribution in [-0.4, -0.2) is 63.2 Å². The zero-order valence-corrected chi connectivity index (χ0v) is 18.5. The second-order valence-electron chi connectivity index (χ2n) is 7.62. The van der Waals surface area contributed by atoms with E-state index in [0.29, 0.717) is 0 Å². The van der Waals surface area contributed by atoms with Crippen LogP contribution in [0.3, 0.4) is 0 Å². The number of aliphatic imine (C=N–C) groups is 1. The summed E-state index contributed by atoms with van der Waals surface area (Å²) in [5, 5.41) is 6.79. The Hall–Kier alpha value is -2.44. The van der Waals surface area contributed by atoms with Crippen LogP contribution in [0.4, 0.5) is 0 Å². The number of aryl methyl sites for hydroxylation is 1. The monoisotopic (exact) mass is 404 g/mol. The van der Waals surface area contributed by atoms with E-state index in [-0.39, 0.29) is 17.9 Å². The summed E-state index contributed by atoms with van der Waals surface area (Å²) >= 11 is 0. The molecule has 1 aliphatic heterocycles. The number of carbonyl (C=O) groups is 1. The smallest absolute Gasteiger partial charge is 0.225 e. The summed E-state index contributed by atoms with van der Waals surface area (Å²) in [4.78, 5) is 18.8. The highest BCUT2D eigenvalue weighted by Crippen LogP contribution is 2.27. The van der Waals surface area contributed by atoms with Gasteiger partial charge in [0.2, 0.25) is 5.91 Å². The molecule has 1 amide bonds. The van der Waals surface area contributed by atoms with Crippen molar-refractivity contribution in [3.8, 4) is 11.5 Å². The molecule has 0 saturated carbocycles. The van der Waals surface area contributed by atoms with E-state index < -0.39 is 0 Å². The van der Waals surface area contributed by atoms with Gasteiger partial charge in [-0.3, -0.25) is 9.79 Å². The van der Waals surface area contributed by atoms with Gasteiger partial charge >= 0.3 is 0 Å². The van der Waals surface area contributed by atoms with Crippen molar-refractivity contribution in [2.24, 2.45) is 10.9 Å². The minimum absolute atomic E-state index is 0.0484. The highest BCUT2D eigenvalue weighted by molar-refractivity contribution is 5.81. The zero-order valence-electron chi connectivity index (χ0n) is 18.5. The van der Waals surface area contributed by atoms with Crippen molar-refractivity contribution in [2.75, 3.05) is 40.4 Å². The molecule has 1 unspecified atom stereocenters. The molecule has 1 heterocycles. The first-order chi connectivity index (χ1) is 14.0. The van der Waals surface area contributed by atoms with E-state index in [1.807, 2.05) is 30.9 Å². The summed E-state index contributed by atoms with van der Waals surface area (Å²) in [6.07, 6.45) is 2.81. The van der Waals surface area contributed by atoms with Gasteiger partial charge in [-0.05, 0) is 43.9 Å². The molecule has 1 aromatic rings. The lowest BCUT2D eigenvalue weighted by molar-refractivity contribution is -0.133. The number of benzene rings is 1. The Morgan fingerprint density at radius 2 is 2.03 bits per heavy atom. The topological polar surface area (TPSA) is 75.2 Å². The molecule has 0 bridgehead atoms. The fourth-order valence-corrected chi connectivity index (χ4v) is 3.47. The number of methoxy groups -OCH3 is 2. The lowest BCUT2D eigenvalue weighted by atomic mass is 10.1. The first-order valence-electron chi connectivity index (χ1n) is 10.5. The van der Waals surface area contributed by atoms with Crippen molar-refractivity contribution in [1.82, 2.24) is 15.5 Å². The van der Waals surface area contributed by atoms with Crippen molar-refractivity contribution >= 4 is 11.9 Å². The number of nitrogens with zero attached hydrogens (tertiary/aromatic N) is 2. The van der Waals surface area contributed by atoms with Crippen LogP contribution in [0.15, 0.2) is 23.2 Å². The largest absolute Gasteiger partial charge is 0.493 e. The summed E-state index contributed by atoms with van der Waals surface area (Å²) < 4.78 is 10.7. The Balaban J connectivity index is 1.84. The molecule has 0 radical (unpaired) electrons. The fourth-order valence-electron chi connectivity index (χ4n) is 3.47. The van der Waals surface area contributed by atoms with Gasteiger partial charge < -0.3 is 25.0 Å². The molecule has 1 aromatic carbocycles. The first kappa shape index (κ1) is 22.8. The van der Waals surface area contributed by atoms with Gasteiger partial charge in [0.25, 0.3) is 0 Å². The Labute approximate surface area is 174 Å². The highest BCUT2D eigenvalue weighted by atomic mass is 16.5. The molecule has 7 heteroatoms. The summed E-state index contributed by atoms with van der Waals surface area (Å²) in [5.41, 5.74) is 1.20. The quantitative estimate of drug-likeness (QED) is 0.376. The van der Waals surface area contributed by atoms with Crippen LogP contribution in [0, 0.1) is 5.92 Å². The maximum Gasteiger partial charge on any atom is 0.225 e. The van der Waals surface area contributed by atoms with Crippen LogP contribution < -0.4 is 20.1 Å². The van der Waals surface area contributed by atoms with E-state index in [0.717, 1.165) is 62.9 Å². The van der Waals surface area contributed by atoms with Gasteiger partial charge in [0.1, 0.15) is 0 Å². The summed E-state index contributed by atoms with van der Waals surface area (Å²) in [6, 6.07) is 6.27. The van der Waals surface area contributed by atoms with E-state index in [1.165, 1.54) is 5.56 Å². The van der Waals surface area contributed by atoms with Gasteiger partial charge in [0.05, 0.1) is 14.2 Å². The molecular formula is C22H36N4O3. The molecule has 2 rings (SSSR count). The third kappa shape index (κ3) is 6.84. The van der Waals surface area contributed by atoms with Crippen molar-refractivity contribution in [2.45, 2.75) is 46.1 Å². The van der Waals surface area contributed by atoms with Gasteiger partial charge in [-0.2, -0.15) is 0 Å². The number of nitrogens with one attached hydrogen (secondary N) is 2. The van der Waals surface area contributed by atoms with E-state index in [9.17, 15) is 4.79 Å². The van der Waals surface area contributed by atoms with Gasteiger partial charge in [0.15, 0.2) is 17.5 Å². The number of rotatable bonds is 9. The number of guanidine groups is 1. The third-order valence-corrected chi connectivity index (χ3v) is 5.02. The number of likely N-dealkylation sites (tertiary alicyclic amines) is 1. The average molecular weight is 405 g/mol. The van der Waals surface area contributed by atoms with Crippen LogP contribution in [-0.2, 0) is 11.2 Å². The highest BCUT2D eigenvalue weighted by Gasteiger charge is 2.27. The summed E-state index contributed by atoms with van der Waals surface area (Å²) in [5.74, 6) is 2.60. The Bertz CT molecular complexity index is 691. The molecule has 0 spiro atoms. The first-order valence-corrected chi connectivity index (χ1v) is 10.5. The molecule has 0 aromatic heterocycles. The van der Waals surface area contributed by atoms with Crippen molar-refractivity contribution < 1.29 is 14.3 Å². The summed E-state index contributed by atoms with van der Waals surface area (Å²) in [7, 11) is 3.29. The Morgan fingerprint density at radius 1 is 1.28 bits per heavy atom. The number of ether oxygens (including phenoxy) is 2. The maximum atomic E-state index is 12.2. The molecular weight excluding hydrogens is 368 g/mol. The third-order valence-electron chi connectivity index (χ3n) is 5.02. The second kappa shape index (κ2) is 11.5. The van der Waals surface area contributed by atoms with Crippen LogP contribution in [0.25, 0.3) is 0 Å². The van der Waals surface area contributed by atoms with Crippen LogP contribution in [0.1, 0.15) is 39.2 Å². The molecule has 1 aliphatic rings. The van der Waals surface area contributed by atoms with Crippen molar-refractivity contribution in [3.05, 3.63) is 23.8 Å². The van der Waals surface area contributed by atoms with Crippen LogP contribution in [0.5, 0.6) is 11.5 Å². The molecule has 162 valence electrons.